The topological polar surface area (TPSA) is 63.4 Å². The van der Waals surface area contributed by atoms with Crippen LogP contribution >= 0.6 is 27.3 Å². The van der Waals surface area contributed by atoms with E-state index in [4.69, 9.17) is 4.42 Å². The van der Waals surface area contributed by atoms with Crippen molar-refractivity contribution >= 4 is 49.3 Å². The summed E-state index contributed by atoms with van der Waals surface area (Å²) in [6, 6.07) is 14.2. The number of carbonyl (C=O) groups is 1. The third kappa shape index (κ3) is 2.76. The van der Waals surface area contributed by atoms with E-state index in [9.17, 15) is 9.59 Å². The van der Waals surface area contributed by atoms with Crippen LogP contribution in [0, 0.1) is 13.8 Å². The average molecular weight is 467 g/mol. The summed E-state index contributed by atoms with van der Waals surface area (Å²) >= 11 is 4.85. The maximum atomic E-state index is 13.5. The highest BCUT2D eigenvalue weighted by Gasteiger charge is 2.44. The highest BCUT2D eigenvalue weighted by molar-refractivity contribution is 9.10. The van der Waals surface area contributed by atoms with Crippen molar-refractivity contribution in [2.45, 2.75) is 19.9 Å². The van der Waals surface area contributed by atoms with E-state index in [1.54, 1.807) is 23.1 Å². The summed E-state index contributed by atoms with van der Waals surface area (Å²) < 4.78 is 6.74. The molecule has 1 aliphatic heterocycles. The van der Waals surface area contributed by atoms with Crippen LogP contribution in [-0.2, 0) is 0 Å². The number of amides is 1. The molecule has 0 saturated carbocycles. The first kappa shape index (κ1) is 18.3. The van der Waals surface area contributed by atoms with Gasteiger partial charge in [-0.15, -0.1) is 11.3 Å². The number of benzene rings is 2. The molecule has 1 atom stereocenters. The molecule has 0 fully saturated rings. The summed E-state index contributed by atoms with van der Waals surface area (Å²) in [4.78, 5) is 34.1. The molecular formula is C22H15BrN2O3S. The molecule has 0 spiro atoms. The molecule has 144 valence electrons. The van der Waals surface area contributed by atoms with Crippen LogP contribution in [0.15, 0.2) is 62.2 Å². The first-order chi connectivity index (χ1) is 14.0. The maximum Gasteiger partial charge on any atom is 0.297 e. The van der Waals surface area contributed by atoms with Gasteiger partial charge in [-0.1, -0.05) is 46.3 Å². The Bertz CT molecular complexity index is 1320. The smallest absolute Gasteiger partial charge is 0.297 e. The number of rotatable bonds is 2. The molecule has 7 heteroatoms. The molecule has 1 amide bonds. The standard InChI is InChI=1S/C22H15BrN2O3S/c1-11-12(2)29-22(24-11)25-18(13-6-4-3-5-7-13)17-19(26)15-10-14(23)8-9-16(15)28-20(17)21(25)27/h3-10,18H,1-2H3/t18-/m0/s1. The van der Waals surface area contributed by atoms with Crippen molar-refractivity contribution in [3.63, 3.8) is 0 Å². The molecular weight excluding hydrogens is 452 g/mol. The predicted octanol–water partition coefficient (Wildman–Crippen LogP) is 5.38. The van der Waals surface area contributed by atoms with Gasteiger partial charge in [-0.2, -0.15) is 0 Å². The summed E-state index contributed by atoms with van der Waals surface area (Å²) in [6.45, 7) is 3.88. The summed E-state index contributed by atoms with van der Waals surface area (Å²) in [5.41, 5.74) is 2.26. The van der Waals surface area contributed by atoms with Gasteiger partial charge in [-0.05, 0) is 37.6 Å². The van der Waals surface area contributed by atoms with Gasteiger partial charge in [0.25, 0.3) is 5.91 Å². The molecule has 0 radical (unpaired) electrons. The van der Waals surface area contributed by atoms with Gasteiger partial charge in [0, 0.05) is 9.35 Å². The number of thiazole rings is 1. The minimum Gasteiger partial charge on any atom is -0.450 e. The fraction of sp³-hybridized carbons (Fsp3) is 0.136. The van der Waals surface area contributed by atoms with Crippen LogP contribution in [0.1, 0.15) is 38.3 Å². The largest absolute Gasteiger partial charge is 0.450 e. The van der Waals surface area contributed by atoms with E-state index >= 15 is 0 Å². The Kier molecular flexibility index (Phi) is 4.18. The van der Waals surface area contributed by atoms with Gasteiger partial charge in [0.05, 0.1) is 22.7 Å². The number of carbonyl (C=O) groups excluding carboxylic acids is 1. The van der Waals surface area contributed by atoms with Crippen LogP contribution in [0.4, 0.5) is 5.13 Å². The first-order valence-electron chi connectivity index (χ1n) is 9.04. The van der Waals surface area contributed by atoms with Gasteiger partial charge in [0.2, 0.25) is 5.76 Å². The van der Waals surface area contributed by atoms with Crippen LogP contribution < -0.4 is 10.3 Å². The highest BCUT2D eigenvalue weighted by atomic mass is 79.9. The van der Waals surface area contributed by atoms with Crippen molar-refractivity contribution in [3.05, 3.63) is 90.7 Å². The third-order valence-corrected chi connectivity index (χ3v) is 6.74. The zero-order chi connectivity index (χ0) is 20.3. The number of halogens is 1. The Labute approximate surface area is 178 Å². The quantitative estimate of drug-likeness (QED) is 0.397. The summed E-state index contributed by atoms with van der Waals surface area (Å²) in [5, 5.41) is 1.01. The zero-order valence-corrected chi connectivity index (χ0v) is 18.0. The lowest BCUT2D eigenvalue weighted by Gasteiger charge is -2.22. The molecule has 5 nitrogen and oxygen atoms in total. The fourth-order valence-electron chi connectivity index (χ4n) is 3.65. The van der Waals surface area contributed by atoms with E-state index in [1.165, 1.54) is 11.3 Å². The third-order valence-electron chi connectivity index (χ3n) is 5.17. The number of anilines is 1. The van der Waals surface area contributed by atoms with E-state index < -0.39 is 6.04 Å². The monoisotopic (exact) mass is 466 g/mol. The van der Waals surface area contributed by atoms with E-state index in [0.29, 0.717) is 21.7 Å². The van der Waals surface area contributed by atoms with Gasteiger partial charge in [-0.25, -0.2) is 4.98 Å². The lowest BCUT2D eigenvalue weighted by Crippen LogP contribution is -2.29. The van der Waals surface area contributed by atoms with Crippen LogP contribution in [0.3, 0.4) is 0 Å². The van der Waals surface area contributed by atoms with E-state index in [2.05, 4.69) is 20.9 Å². The van der Waals surface area contributed by atoms with Gasteiger partial charge < -0.3 is 4.42 Å². The van der Waals surface area contributed by atoms with Gasteiger partial charge in [-0.3, -0.25) is 14.5 Å². The number of hydrogen-bond acceptors (Lipinski definition) is 5. The molecule has 3 heterocycles. The highest BCUT2D eigenvalue weighted by Crippen LogP contribution is 2.42. The molecule has 2 aromatic heterocycles. The molecule has 4 aromatic rings. The van der Waals surface area contributed by atoms with Crippen molar-refractivity contribution in [2.24, 2.45) is 0 Å². The average Bonchev–Trinajstić information content (AvgIpc) is 3.20. The second kappa shape index (κ2) is 6.64. The molecule has 5 rings (SSSR count). The van der Waals surface area contributed by atoms with Gasteiger partial charge in [0.1, 0.15) is 5.58 Å². The molecule has 2 aromatic carbocycles. The molecule has 0 bridgehead atoms. The van der Waals surface area contributed by atoms with E-state index in [1.807, 2.05) is 44.2 Å². The zero-order valence-electron chi connectivity index (χ0n) is 15.6. The Morgan fingerprint density at radius 1 is 1.10 bits per heavy atom. The summed E-state index contributed by atoms with van der Waals surface area (Å²) in [7, 11) is 0. The molecule has 29 heavy (non-hydrogen) atoms. The van der Waals surface area contributed by atoms with Gasteiger partial charge >= 0.3 is 0 Å². The molecule has 0 saturated heterocycles. The van der Waals surface area contributed by atoms with Crippen molar-refractivity contribution in [2.75, 3.05) is 4.90 Å². The Hall–Kier alpha value is -2.77. The second-order valence-electron chi connectivity index (χ2n) is 6.94. The molecule has 0 aliphatic carbocycles. The predicted molar refractivity (Wildman–Crippen MR) is 117 cm³/mol. The number of aromatic nitrogens is 1. The second-order valence-corrected chi connectivity index (χ2v) is 9.04. The van der Waals surface area contributed by atoms with E-state index in [0.717, 1.165) is 20.6 Å². The van der Waals surface area contributed by atoms with Crippen LogP contribution in [0.5, 0.6) is 0 Å². The van der Waals surface area contributed by atoms with Crippen molar-refractivity contribution in [1.82, 2.24) is 4.98 Å². The number of aryl methyl sites for hydroxylation is 2. The maximum absolute atomic E-state index is 13.5. The normalized spacial score (nSPS) is 15.9. The first-order valence-corrected chi connectivity index (χ1v) is 10.7. The molecule has 1 aliphatic rings. The summed E-state index contributed by atoms with van der Waals surface area (Å²) in [6.07, 6.45) is 0. The Morgan fingerprint density at radius 2 is 1.86 bits per heavy atom. The van der Waals surface area contributed by atoms with Crippen molar-refractivity contribution in [1.29, 1.82) is 0 Å². The summed E-state index contributed by atoms with van der Waals surface area (Å²) in [5.74, 6) is -0.256. The number of fused-ring (bicyclic) bond motifs is 2. The van der Waals surface area contributed by atoms with Crippen LogP contribution in [0.2, 0.25) is 0 Å². The van der Waals surface area contributed by atoms with Crippen molar-refractivity contribution in [3.8, 4) is 0 Å². The van der Waals surface area contributed by atoms with E-state index in [-0.39, 0.29) is 17.1 Å². The minimum absolute atomic E-state index is 0.0872. The Morgan fingerprint density at radius 3 is 2.55 bits per heavy atom. The van der Waals surface area contributed by atoms with Crippen LogP contribution in [-0.4, -0.2) is 10.9 Å². The lowest BCUT2D eigenvalue weighted by atomic mass is 9.99. The molecule has 0 N–H and O–H groups in total. The minimum atomic E-state index is -0.580. The van der Waals surface area contributed by atoms with Crippen LogP contribution in [0.25, 0.3) is 11.0 Å². The van der Waals surface area contributed by atoms with Gasteiger partial charge in [0.15, 0.2) is 10.6 Å². The molecule has 0 unspecified atom stereocenters. The number of hydrogen-bond donors (Lipinski definition) is 0. The van der Waals surface area contributed by atoms with Crippen molar-refractivity contribution < 1.29 is 9.21 Å². The number of nitrogens with zero attached hydrogens (tertiary/aromatic N) is 2. The SMILES string of the molecule is Cc1nc(N2C(=O)c3oc4ccc(Br)cc4c(=O)c3[C@@H]2c2ccccc2)sc1C. The Balaban J connectivity index is 1.83. The lowest BCUT2D eigenvalue weighted by molar-refractivity contribution is 0.0971. The fourth-order valence-corrected chi connectivity index (χ4v) is 4.95.